The largest absolute Gasteiger partial charge is 0.395 e. The van der Waals surface area contributed by atoms with Gasteiger partial charge < -0.3 is 21.1 Å². The van der Waals surface area contributed by atoms with E-state index in [0.29, 0.717) is 31.0 Å². The van der Waals surface area contributed by atoms with Crippen molar-refractivity contribution in [3.05, 3.63) is 41.6 Å². The molecule has 0 bridgehead atoms. The SMILES string of the molecule is CCc1c(CC(=O)N2CC(OC(C)(C)C)C2)cccc1-c1ccnc(N)c1N. The van der Waals surface area contributed by atoms with Crippen molar-refractivity contribution in [2.75, 3.05) is 24.6 Å². The summed E-state index contributed by atoms with van der Waals surface area (Å²) in [5.41, 5.74) is 16.4. The molecule has 6 heteroatoms. The number of benzene rings is 1. The van der Waals surface area contributed by atoms with E-state index < -0.39 is 0 Å². The Kier molecular flexibility index (Phi) is 5.61. The number of pyridine rings is 1. The lowest BCUT2D eigenvalue weighted by Gasteiger charge is -2.42. The monoisotopic (exact) mass is 382 g/mol. The molecule has 150 valence electrons. The van der Waals surface area contributed by atoms with Crippen LogP contribution in [-0.4, -0.2) is 40.6 Å². The van der Waals surface area contributed by atoms with Gasteiger partial charge in [0.15, 0.2) is 0 Å². The van der Waals surface area contributed by atoms with Crippen LogP contribution in [0.15, 0.2) is 30.5 Å². The predicted molar refractivity (Wildman–Crippen MR) is 113 cm³/mol. The molecule has 1 saturated heterocycles. The normalized spacial score (nSPS) is 14.8. The first-order valence-electron chi connectivity index (χ1n) is 9.76. The van der Waals surface area contributed by atoms with Crippen LogP contribution in [-0.2, 0) is 22.4 Å². The first-order chi connectivity index (χ1) is 13.2. The maximum Gasteiger partial charge on any atom is 0.227 e. The molecule has 1 aliphatic heterocycles. The Balaban J connectivity index is 1.77. The van der Waals surface area contributed by atoms with Crippen LogP contribution in [0.4, 0.5) is 11.5 Å². The Bertz CT molecular complexity index is 867. The van der Waals surface area contributed by atoms with Gasteiger partial charge >= 0.3 is 0 Å². The number of nitrogen functional groups attached to an aromatic ring is 2. The number of anilines is 2. The lowest BCUT2D eigenvalue weighted by atomic mass is 9.91. The summed E-state index contributed by atoms with van der Waals surface area (Å²) in [6.07, 6.45) is 2.96. The number of hydrogen-bond acceptors (Lipinski definition) is 5. The molecule has 2 aromatic rings. The van der Waals surface area contributed by atoms with E-state index in [4.69, 9.17) is 16.2 Å². The number of hydrogen-bond donors (Lipinski definition) is 2. The van der Waals surface area contributed by atoms with E-state index in [0.717, 1.165) is 28.7 Å². The molecule has 1 aromatic carbocycles. The summed E-state index contributed by atoms with van der Waals surface area (Å²) < 4.78 is 5.92. The quantitative estimate of drug-likeness (QED) is 0.829. The number of ether oxygens (including phenoxy) is 1. The molecule has 0 radical (unpaired) electrons. The van der Waals surface area contributed by atoms with Gasteiger partial charge in [-0.2, -0.15) is 0 Å². The van der Waals surface area contributed by atoms with Gasteiger partial charge in [-0.1, -0.05) is 25.1 Å². The van der Waals surface area contributed by atoms with E-state index in [-0.39, 0.29) is 17.6 Å². The Hall–Kier alpha value is -2.60. The average molecular weight is 383 g/mol. The molecule has 0 spiro atoms. The third-order valence-corrected chi connectivity index (χ3v) is 5.00. The van der Waals surface area contributed by atoms with Crippen LogP contribution in [0.1, 0.15) is 38.8 Å². The summed E-state index contributed by atoms with van der Waals surface area (Å²) in [7, 11) is 0. The highest BCUT2D eigenvalue weighted by Gasteiger charge is 2.34. The highest BCUT2D eigenvalue weighted by Crippen LogP contribution is 2.33. The molecule has 0 unspecified atom stereocenters. The molecule has 0 atom stereocenters. The van der Waals surface area contributed by atoms with Crippen molar-refractivity contribution in [2.24, 2.45) is 0 Å². The fourth-order valence-electron chi connectivity index (χ4n) is 3.69. The molecular formula is C22H30N4O2. The van der Waals surface area contributed by atoms with E-state index in [9.17, 15) is 4.79 Å². The Morgan fingerprint density at radius 3 is 2.57 bits per heavy atom. The van der Waals surface area contributed by atoms with Crippen molar-refractivity contribution in [1.82, 2.24) is 9.88 Å². The fraction of sp³-hybridized carbons (Fsp3) is 0.455. The maximum absolute atomic E-state index is 12.8. The minimum absolute atomic E-state index is 0.125. The molecule has 3 rings (SSSR count). The lowest BCUT2D eigenvalue weighted by Crippen LogP contribution is -2.57. The lowest BCUT2D eigenvalue weighted by molar-refractivity contribution is -0.156. The highest BCUT2D eigenvalue weighted by atomic mass is 16.5. The number of nitrogens with two attached hydrogens (primary N) is 2. The van der Waals surface area contributed by atoms with Gasteiger partial charge in [0, 0.05) is 24.8 Å². The Morgan fingerprint density at radius 1 is 1.21 bits per heavy atom. The van der Waals surface area contributed by atoms with Crippen LogP contribution >= 0.6 is 0 Å². The van der Waals surface area contributed by atoms with Gasteiger partial charge in [-0.05, 0) is 49.9 Å². The molecule has 6 nitrogen and oxygen atoms in total. The third-order valence-electron chi connectivity index (χ3n) is 5.00. The predicted octanol–water partition coefficient (Wildman–Crippen LogP) is 3.04. The molecule has 1 aromatic heterocycles. The van der Waals surface area contributed by atoms with Crippen molar-refractivity contribution < 1.29 is 9.53 Å². The van der Waals surface area contributed by atoms with Gasteiger partial charge in [-0.15, -0.1) is 0 Å². The van der Waals surface area contributed by atoms with Gasteiger partial charge in [0.05, 0.1) is 23.8 Å². The van der Waals surface area contributed by atoms with Crippen LogP contribution in [0.5, 0.6) is 0 Å². The molecule has 0 aliphatic carbocycles. The highest BCUT2D eigenvalue weighted by molar-refractivity contribution is 5.86. The zero-order valence-corrected chi connectivity index (χ0v) is 17.2. The summed E-state index contributed by atoms with van der Waals surface area (Å²) in [6, 6.07) is 7.88. The molecular weight excluding hydrogens is 352 g/mol. The minimum atomic E-state index is -0.185. The van der Waals surface area contributed by atoms with Crippen molar-refractivity contribution in [3.63, 3.8) is 0 Å². The second-order valence-electron chi connectivity index (χ2n) is 8.28. The Labute approximate surface area is 166 Å². The topological polar surface area (TPSA) is 94.5 Å². The van der Waals surface area contributed by atoms with Crippen molar-refractivity contribution >= 4 is 17.4 Å². The van der Waals surface area contributed by atoms with E-state index >= 15 is 0 Å². The van der Waals surface area contributed by atoms with Gasteiger partial charge in [0.2, 0.25) is 5.91 Å². The number of likely N-dealkylation sites (tertiary alicyclic amines) is 1. The third kappa shape index (κ3) is 4.28. The molecule has 2 heterocycles. The van der Waals surface area contributed by atoms with E-state index in [1.54, 1.807) is 6.20 Å². The fourth-order valence-corrected chi connectivity index (χ4v) is 3.69. The zero-order valence-electron chi connectivity index (χ0n) is 17.2. The molecule has 1 fully saturated rings. The maximum atomic E-state index is 12.8. The smallest absolute Gasteiger partial charge is 0.227 e. The Morgan fingerprint density at radius 2 is 1.93 bits per heavy atom. The second kappa shape index (κ2) is 7.80. The number of carbonyl (C=O) groups is 1. The molecule has 1 aliphatic rings. The summed E-state index contributed by atoms with van der Waals surface area (Å²) in [6.45, 7) is 9.51. The number of carbonyl (C=O) groups excluding carboxylic acids is 1. The zero-order chi connectivity index (χ0) is 20.5. The number of rotatable bonds is 5. The van der Waals surface area contributed by atoms with Crippen LogP contribution < -0.4 is 11.5 Å². The molecule has 28 heavy (non-hydrogen) atoms. The van der Waals surface area contributed by atoms with Crippen molar-refractivity contribution in [1.29, 1.82) is 0 Å². The first-order valence-corrected chi connectivity index (χ1v) is 9.76. The van der Waals surface area contributed by atoms with Gasteiger partial charge in [0.1, 0.15) is 5.82 Å². The van der Waals surface area contributed by atoms with E-state index in [1.165, 1.54) is 0 Å². The molecule has 1 amide bonds. The summed E-state index contributed by atoms with van der Waals surface area (Å²) in [5, 5.41) is 0. The summed E-state index contributed by atoms with van der Waals surface area (Å²) >= 11 is 0. The number of nitrogens with zero attached hydrogens (tertiary/aromatic N) is 2. The minimum Gasteiger partial charge on any atom is -0.395 e. The van der Waals surface area contributed by atoms with Crippen LogP contribution in [0.25, 0.3) is 11.1 Å². The van der Waals surface area contributed by atoms with E-state index in [2.05, 4.69) is 11.9 Å². The second-order valence-corrected chi connectivity index (χ2v) is 8.28. The summed E-state index contributed by atoms with van der Waals surface area (Å²) in [5.74, 6) is 0.453. The van der Waals surface area contributed by atoms with Gasteiger partial charge in [-0.3, -0.25) is 4.79 Å². The standard InChI is InChI=1S/C22H30N4O2/c1-5-16-14(11-19(27)26-12-15(13-26)28-22(2,3)4)7-6-8-17(16)18-9-10-25-21(24)20(18)23/h6-10,15H,5,11-13,23H2,1-4H3,(H2,24,25). The van der Waals surface area contributed by atoms with Gasteiger partial charge in [-0.25, -0.2) is 4.98 Å². The number of amides is 1. The van der Waals surface area contributed by atoms with Crippen LogP contribution in [0.2, 0.25) is 0 Å². The molecule has 4 N–H and O–H groups in total. The van der Waals surface area contributed by atoms with Crippen LogP contribution in [0.3, 0.4) is 0 Å². The van der Waals surface area contributed by atoms with Crippen molar-refractivity contribution in [2.45, 2.75) is 52.2 Å². The van der Waals surface area contributed by atoms with E-state index in [1.807, 2.05) is 49.9 Å². The van der Waals surface area contributed by atoms with Crippen molar-refractivity contribution in [3.8, 4) is 11.1 Å². The van der Waals surface area contributed by atoms with Crippen LogP contribution in [0, 0.1) is 0 Å². The first kappa shape index (κ1) is 20.1. The molecule has 0 saturated carbocycles. The number of aromatic nitrogens is 1. The van der Waals surface area contributed by atoms with Gasteiger partial charge in [0.25, 0.3) is 0 Å². The summed E-state index contributed by atoms with van der Waals surface area (Å²) in [4.78, 5) is 18.7. The average Bonchev–Trinajstić information content (AvgIpc) is 2.59.